The lowest BCUT2D eigenvalue weighted by Gasteiger charge is -2.20. The summed E-state index contributed by atoms with van der Waals surface area (Å²) in [5.74, 6) is 0. The summed E-state index contributed by atoms with van der Waals surface area (Å²) in [6.07, 6.45) is 1.95. The lowest BCUT2D eigenvalue weighted by Crippen LogP contribution is -2.29. The van der Waals surface area contributed by atoms with Crippen molar-refractivity contribution in [3.63, 3.8) is 0 Å². The number of aliphatic imine (C=N–C) groups is 1. The van der Waals surface area contributed by atoms with Gasteiger partial charge in [-0.25, -0.2) is 0 Å². The van der Waals surface area contributed by atoms with Gasteiger partial charge in [-0.2, -0.15) is 0 Å². The Morgan fingerprint density at radius 3 is 2.08 bits per heavy atom. The topological polar surface area (TPSA) is 32.7 Å². The van der Waals surface area contributed by atoms with Crippen LogP contribution >= 0.6 is 0 Å². The summed E-state index contributed by atoms with van der Waals surface area (Å²) in [6, 6.07) is 0.349. The first-order chi connectivity index (χ1) is 5.63. The Labute approximate surface area is 75.5 Å². The van der Waals surface area contributed by atoms with Gasteiger partial charge in [0, 0.05) is 19.6 Å². The van der Waals surface area contributed by atoms with E-state index >= 15 is 0 Å². The Kier molecular flexibility index (Phi) is 11.6. The quantitative estimate of drug-likeness (QED) is 0.468. The minimum atomic E-state index is 0.349. The molecule has 0 aromatic rings. The molecular formula is C9H20N2O. The van der Waals surface area contributed by atoms with Gasteiger partial charge >= 0.3 is 0 Å². The lowest BCUT2D eigenvalue weighted by molar-refractivity contribution is -0.119. The van der Waals surface area contributed by atoms with Gasteiger partial charge in [0.05, 0.1) is 0 Å². The summed E-state index contributed by atoms with van der Waals surface area (Å²) in [4.78, 5) is 15.3. The van der Waals surface area contributed by atoms with Crippen LogP contribution in [-0.4, -0.2) is 37.7 Å². The Balaban J connectivity index is 0. The minimum Gasteiger partial charge on any atom is -0.343 e. The monoisotopic (exact) mass is 172 g/mol. The summed E-state index contributed by atoms with van der Waals surface area (Å²) in [7, 11) is 1.64. The Bertz CT molecular complexity index is 113. The number of nitrogens with zero attached hydrogens (tertiary/aromatic N) is 2. The maximum Gasteiger partial charge on any atom is 0.209 e. The highest BCUT2D eigenvalue weighted by atomic mass is 16.1. The predicted molar refractivity (Wildman–Crippen MR) is 53.7 cm³/mol. The predicted octanol–water partition coefficient (Wildman–Crippen LogP) is 1.58. The highest BCUT2D eigenvalue weighted by Gasteiger charge is 2.02. The zero-order chi connectivity index (χ0) is 9.98. The summed E-state index contributed by atoms with van der Waals surface area (Å²) in [5, 5.41) is 0. The van der Waals surface area contributed by atoms with Crippen molar-refractivity contribution in [2.45, 2.75) is 33.2 Å². The molecule has 72 valence electrons. The van der Waals surface area contributed by atoms with Crippen molar-refractivity contribution in [1.29, 1.82) is 0 Å². The number of amides is 1. The van der Waals surface area contributed by atoms with Crippen molar-refractivity contribution in [2.24, 2.45) is 4.99 Å². The fraction of sp³-hybridized carbons (Fsp3) is 0.778. The molecule has 0 heterocycles. The van der Waals surface area contributed by atoms with Gasteiger partial charge in [-0.05, 0) is 27.0 Å². The van der Waals surface area contributed by atoms with Gasteiger partial charge in [0.25, 0.3) is 0 Å². The number of hydrogen-bond acceptors (Lipinski definition) is 2. The van der Waals surface area contributed by atoms with E-state index < -0.39 is 0 Å². The third kappa shape index (κ3) is 9.14. The largest absolute Gasteiger partial charge is 0.343 e. The van der Waals surface area contributed by atoms with Crippen LogP contribution < -0.4 is 0 Å². The van der Waals surface area contributed by atoms with E-state index in [1.807, 2.05) is 13.8 Å². The molecule has 0 saturated heterocycles. The highest BCUT2D eigenvalue weighted by Crippen LogP contribution is 1.94. The van der Waals surface area contributed by atoms with E-state index in [9.17, 15) is 4.79 Å². The number of carbonyl (C=O) groups is 1. The van der Waals surface area contributed by atoms with Crippen LogP contribution in [0.5, 0.6) is 0 Å². The third-order valence-electron chi connectivity index (χ3n) is 1.28. The minimum absolute atomic E-state index is 0.349. The molecule has 0 N–H and O–H groups in total. The fourth-order valence-electron chi connectivity index (χ4n) is 0.691. The lowest BCUT2D eigenvalue weighted by atomic mass is 10.3. The molecule has 0 saturated carbocycles. The number of carbonyl (C=O) groups excluding carboxylic acids is 1. The summed E-state index contributed by atoms with van der Waals surface area (Å²) in [6.45, 7) is 10.1. The zero-order valence-corrected chi connectivity index (χ0v) is 8.58. The second-order valence-corrected chi connectivity index (χ2v) is 2.75. The van der Waals surface area contributed by atoms with Crippen molar-refractivity contribution in [3.05, 3.63) is 0 Å². The molecule has 0 radical (unpaired) electrons. The van der Waals surface area contributed by atoms with E-state index in [1.165, 1.54) is 0 Å². The van der Waals surface area contributed by atoms with Crippen molar-refractivity contribution >= 4 is 13.1 Å². The van der Waals surface area contributed by atoms with Crippen molar-refractivity contribution in [2.75, 3.05) is 13.6 Å². The van der Waals surface area contributed by atoms with E-state index in [0.717, 1.165) is 19.4 Å². The molecule has 0 aliphatic carbocycles. The molecule has 0 bridgehead atoms. The molecule has 0 fully saturated rings. The second kappa shape index (κ2) is 10.1. The van der Waals surface area contributed by atoms with Crippen LogP contribution in [0, 0.1) is 0 Å². The van der Waals surface area contributed by atoms with Gasteiger partial charge in [-0.1, -0.05) is 6.92 Å². The number of rotatable bonds is 4. The van der Waals surface area contributed by atoms with Crippen LogP contribution in [0.15, 0.2) is 4.99 Å². The van der Waals surface area contributed by atoms with Gasteiger partial charge in [0.1, 0.15) is 0 Å². The summed E-state index contributed by atoms with van der Waals surface area (Å²) in [5.41, 5.74) is 0. The van der Waals surface area contributed by atoms with E-state index in [2.05, 4.69) is 18.6 Å². The third-order valence-corrected chi connectivity index (χ3v) is 1.28. The van der Waals surface area contributed by atoms with E-state index in [0.29, 0.717) is 6.04 Å². The van der Waals surface area contributed by atoms with Gasteiger partial charge < -0.3 is 9.89 Å². The van der Waals surface area contributed by atoms with Crippen LogP contribution in [0.25, 0.3) is 0 Å². The summed E-state index contributed by atoms with van der Waals surface area (Å²) < 4.78 is 0. The molecule has 0 atom stereocenters. The first-order valence-electron chi connectivity index (χ1n) is 4.19. The molecule has 0 spiro atoms. The van der Waals surface area contributed by atoms with E-state index in [1.54, 1.807) is 11.9 Å². The fourth-order valence-corrected chi connectivity index (χ4v) is 0.691. The summed E-state index contributed by atoms with van der Waals surface area (Å²) >= 11 is 0. The molecule has 0 rings (SSSR count). The highest BCUT2D eigenvalue weighted by molar-refractivity contribution is 5.47. The van der Waals surface area contributed by atoms with Gasteiger partial charge in [-0.3, -0.25) is 4.79 Å². The second-order valence-electron chi connectivity index (χ2n) is 2.75. The van der Waals surface area contributed by atoms with Gasteiger partial charge in [0.15, 0.2) is 0 Å². The SMILES string of the molecule is C=NC.CCCN(C=O)C(C)C. The first kappa shape index (κ1) is 13.7. The molecule has 0 aromatic heterocycles. The average Bonchev–Trinajstić information content (AvgIpc) is 2.01. The van der Waals surface area contributed by atoms with Crippen LogP contribution in [-0.2, 0) is 4.79 Å². The van der Waals surface area contributed by atoms with E-state index in [4.69, 9.17) is 0 Å². The number of hydrogen-bond donors (Lipinski definition) is 0. The normalized spacial score (nSPS) is 8.42. The first-order valence-corrected chi connectivity index (χ1v) is 4.19. The smallest absolute Gasteiger partial charge is 0.209 e. The molecule has 0 aromatic carbocycles. The zero-order valence-electron chi connectivity index (χ0n) is 8.58. The van der Waals surface area contributed by atoms with Gasteiger partial charge in [-0.15, -0.1) is 0 Å². The maximum absolute atomic E-state index is 10.3. The Hall–Kier alpha value is -0.860. The maximum atomic E-state index is 10.3. The molecule has 0 unspecified atom stereocenters. The standard InChI is InChI=1S/C7H15NO.C2H5N/c1-4-5-8(6-9)7(2)3;1-3-2/h6-7H,4-5H2,1-3H3;1H2,2H3. The van der Waals surface area contributed by atoms with Gasteiger partial charge in [0.2, 0.25) is 6.41 Å². The molecule has 3 heteroatoms. The van der Waals surface area contributed by atoms with E-state index in [-0.39, 0.29) is 0 Å². The Morgan fingerprint density at radius 1 is 1.58 bits per heavy atom. The molecule has 0 aliphatic heterocycles. The molecule has 3 nitrogen and oxygen atoms in total. The average molecular weight is 172 g/mol. The van der Waals surface area contributed by atoms with Crippen LogP contribution in [0.1, 0.15) is 27.2 Å². The van der Waals surface area contributed by atoms with Crippen molar-refractivity contribution in [1.82, 2.24) is 4.90 Å². The molecular weight excluding hydrogens is 152 g/mol. The van der Waals surface area contributed by atoms with Crippen LogP contribution in [0.2, 0.25) is 0 Å². The molecule has 12 heavy (non-hydrogen) atoms. The van der Waals surface area contributed by atoms with Crippen molar-refractivity contribution < 1.29 is 4.79 Å². The van der Waals surface area contributed by atoms with Crippen LogP contribution in [0.4, 0.5) is 0 Å². The van der Waals surface area contributed by atoms with Crippen LogP contribution in [0.3, 0.4) is 0 Å². The molecule has 1 amide bonds. The molecule has 0 aliphatic rings. The Morgan fingerprint density at radius 2 is 2.00 bits per heavy atom. The van der Waals surface area contributed by atoms with Crippen molar-refractivity contribution in [3.8, 4) is 0 Å².